The lowest BCUT2D eigenvalue weighted by molar-refractivity contribution is 0.130. The fourth-order valence-electron chi connectivity index (χ4n) is 1.65. The molecule has 1 aromatic carbocycles. The molecular weight excluding hydrogens is 306 g/mol. The van der Waals surface area contributed by atoms with E-state index in [0.717, 1.165) is 36.4 Å². The van der Waals surface area contributed by atoms with E-state index in [-0.39, 0.29) is 0 Å². The lowest BCUT2D eigenvalue weighted by Gasteiger charge is -2.15. The van der Waals surface area contributed by atoms with Crippen molar-refractivity contribution in [2.75, 3.05) is 19.8 Å². The predicted octanol–water partition coefficient (Wildman–Crippen LogP) is 3.75. The van der Waals surface area contributed by atoms with Crippen molar-refractivity contribution in [3.63, 3.8) is 0 Å². The molecular formula is C15H24BrNO2. The van der Waals surface area contributed by atoms with Crippen LogP contribution >= 0.6 is 15.9 Å². The summed E-state index contributed by atoms with van der Waals surface area (Å²) in [5.74, 6) is 0.937. The van der Waals surface area contributed by atoms with Crippen LogP contribution in [0.2, 0.25) is 0 Å². The van der Waals surface area contributed by atoms with Crippen molar-refractivity contribution in [1.29, 1.82) is 0 Å². The lowest BCUT2D eigenvalue weighted by atomic mass is 10.2. The standard InChI is InChI=1S/C15H24BrNO2/c1-4-18-9-6-10-19-15-13(11-17-12(2)3)7-5-8-14(15)16/h5,7-8,12,17H,4,6,9-11H2,1-3H3. The van der Waals surface area contributed by atoms with Gasteiger partial charge in [0, 0.05) is 37.8 Å². The van der Waals surface area contributed by atoms with Crippen LogP contribution in [0.3, 0.4) is 0 Å². The zero-order valence-corrected chi connectivity index (χ0v) is 13.6. The van der Waals surface area contributed by atoms with E-state index in [2.05, 4.69) is 41.2 Å². The van der Waals surface area contributed by atoms with Crippen LogP contribution in [0.5, 0.6) is 5.75 Å². The Morgan fingerprint density at radius 2 is 2.05 bits per heavy atom. The molecule has 0 bridgehead atoms. The molecule has 1 aromatic rings. The van der Waals surface area contributed by atoms with Gasteiger partial charge in [0.2, 0.25) is 0 Å². The highest BCUT2D eigenvalue weighted by Crippen LogP contribution is 2.29. The van der Waals surface area contributed by atoms with Crippen molar-refractivity contribution in [3.8, 4) is 5.75 Å². The van der Waals surface area contributed by atoms with E-state index in [0.29, 0.717) is 12.6 Å². The Morgan fingerprint density at radius 3 is 2.74 bits per heavy atom. The molecule has 0 saturated carbocycles. The van der Waals surface area contributed by atoms with Gasteiger partial charge in [0.15, 0.2) is 0 Å². The van der Waals surface area contributed by atoms with Crippen LogP contribution in [-0.2, 0) is 11.3 Å². The van der Waals surface area contributed by atoms with Crippen LogP contribution in [0.25, 0.3) is 0 Å². The summed E-state index contributed by atoms with van der Waals surface area (Å²) >= 11 is 3.55. The summed E-state index contributed by atoms with van der Waals surface area (Å²) in [6.07, 6.45) is 0.909. The molecule has 0 aliphatic heterocycles. The number of halogens is 1. The number of benzene rings is 1. The molecule has 1 N–H and O–H groups in total. The van der Waals surface area contributed by atoms with Crippen molar-refractivity contribution in [2.45, 2.75) is 39.8 Å². The molecule has 0 aliphatic carbocycles. The third kappa shape index (κ3) is 6.41. The summed E-state index contributed by atoms with van der Waals surface area (Å²) in [4.78, 5) is 0. The van der Waals surface area contributed by atoms with Gasteiger partial charge in [-0.15, -0.1) is 0 Å². The van der Waals surface area contributed by atoms with Gasteiger partial charge in [0.1, 0.15) is 5.75 Å². The van der Waals surface area contributed by atoms with Crippen LogP contribution < -0.4 is 10.1 Å². The molecule has 0 atom stereocenters. The molecule has 0 amide bonds. The molecule has 19 heavy (non-hydrogen) atoms. The highest BCUT2D eigenvalue weighted by atomic mass is 79.9. The quantitative estimate of drug-likeness (QED) is 0.700. The monoisotopic (exact) mass is 329 g/mol. The predicted molar refractivity (Wildman–Crippen MR) is 82.7 cm³/mol. The number of para-hydroxylation sites is 1. The summed E-state index contributed by atoms with van der Waals surface area (Å²) in [6, 6.07) is 6.60. The van der Waals surface area contributed by atoms with Gasteiger partial charge in [-0.05, 0) is 28.9 Å². The molecule has 0 unspecified atom stereocenters. The zero-order valence-electron chi connectivity index (χ0n) is 12.0. The molecule has 1 rings (SSSR count). The van der Waals surface area contributed by atoms with Gasteiger partial charge in [-0.1, -0.05) is 26.0 Å². The summed E-state index contributed by atoms with van der Waals surface area (Å²) in [6.45, 7) is 9.29. The second-order valence-corrected chi connectivity index (χ2v) is 5.52. The van der Waals surface area contributed by atoms with E-state index in [1.165, 1.54) is 5.56 Å². The Balaban J connectivity index is 2.54. The van der Waals surface area contributed by atoms with Crippen molar-refractivity contribution < 1.29 is 9.47 Å². The summed E-state index contributed by atoms with van der Waals surface area (Å²) in [5, 5.41) is 3.41. The van der Waals surface area contributed by atoms with Crippen LogP contribution in [0.1, 0.15) is 32.8 Å². The fourth-order valence-corrected chi connectivity index (χ4v) is 2.17. The summed E-state index contributed by atoms with van der Waals surface area (Å²) in [7, 11) is 0. The summed E-state index contributed by atoms with van der Waals surface area (Å²) < 4.78 is 12.2. The first-order valence-electron chi connectivity index (χ1n) is 6.86. The van der Waals surface area contributed by atoms with Crippen molar-refractivity contribution in [1.82, 2.24) is 5.32 Å². The van der Waals surface area contributed by atoms with Crippen LogP contribution in [0.4, 0.5) is 0 Å². The maximum absolute atomic E-state index is 5.88. The minimum atomic E-state index is 0.463. The van der Waals surface area contributed by atoms with Gasteiger partial charge in [0.25, 0.3) is 0 Å². The van der Waals surface area contributed by atoms with E-state index in [1.807, 2.05) is 19.1 Å². The molecule has 0 radical (unpaired) electrons. The largest absolute Gasteiger partial charge is 0.492 e. The van der Waals surface area contributed by atoms with Gasteiger partial charge in [-0.3, -0.25) is 0 Å². The van der Waals surface area contributed by atoms with Crippen LogP contribution in [-0.4, -0.2) is 25.9 Å². The third-order valence-corrected chi connectivity index (χ3v) is 3.26. The Kier molecular flexibility index (Phi) is 8.10. The average molecular weight is 330 g/mol. The zero-order chi connectivity index (χ0) is 14.1. The van der Waals surface area contributed by atoms with Crippen molar-refractivity contribution in [2.24, 2.45) is 0 Å². The number of hydrogen-bond acceptors (Lipinski definition) is 3. The average Bonchev–Trinajstić information content (AvgIpc) is 2.38. The topological polar surface area (TPSA) is 30.5 Å². The minimum absolute atomic E-state index is 0.463. The Labute approximate surface area is 124 Å². The number of nitrogens with one attached hydrogen (secondary N) is 1. The number of hydrogen-bond donors (Lipinski definition) is 1. The van der Waals surface area contributed by atoms with Crippen LogP contribution in [0, 0.1) is 0 Å². The molecule has 0 heterocycles. The first-order valence-corrected chi connectivity index (χ1v) is 7.65. The van der Waals surface area contributed by atoms with E-state index in [9.17, 15) is 0 Å². The van der Waals surface area contributed by atoms with Gasteiger partial charge >= 0.3 is 0 Å². The molecule has 3 nitrogen and oxygen atoms in total. The van der Waals surface area contributed by atoms with E-state index in [1.54, 1.807) is 0 Å². The highest BCUT2D eigenvalue weighted by Gasteiger charge is 2.08. The van der Waals surface area contributed by atoms with E-state index >= 15 is 0 Å². The van der Waals surface area contributed by atoms with Gasteiger partial charge in [-0.25, -0.2) is 0 Å². The van der Waals surface area contributed by atoms with Gasteiger partial charge in [-0.2, -0.15) is 0 Å². The lowest BCUT2D eigenvalue weighted by Crippen LogP contribution is -2.22. The SMILES string of the molecule is CCOCCCOc1c(Br)cccc1CNC(C)C. The second-order valence-electron chi connectivity index (χ2n) is 4.66. The third-order valence-electron chi connectivity index (χ3n) is 2.63. The Hall–Kier alpha value is -0.580. The maximum atomic E-state index is 5.88. The molecule has 0 aliphatic rings. The van der Waals surface area contributed by atoms with E-state index < -0.39 is 0 Å². The molecule has 108 valence electrons. The first-order chi connectivity index (χ1) is 9.15. The molecule has 0 saturated heterocycles. The van der Waals surface area contributed by atoms with Crippen LogP contribution in [0.15, 0.2) is 22.7 Å². The highest BCUT2D eigenvalue weighted by molar-refractivity contribution is 9.10. The summed E-state index contributed by atoms with van der Waals surface area (Å²) in [5.41, 5.74) is 1.18. The maximum Gasteiger partial charge on any atom is 0.137 e. The smallest absolute Gasteiger partial charge is 0.137 e. The van der Waals surface area contributed by atoms with Gasteiger partial charge < -0.3 is 14.8 Å². The minimum Gasteiger partial charge on any atom is -0.492 e. The van der Waals surface area contributed by atoms with Crippen molar-refractivity contribution in [3.05, 3.63) is 28.2 Å². The Morgan fingerprint density at radius 1 is 1.26 bits per heavy atom. The number of ether oxygens (including phenoxy) is 2. The van der Waals surface area contributed by atoms with Crippen molar-refractivity contribution >= 4 is 15.9 Å². The molecule has 4 heteroatoms. The van der Waals surface area contributed by atoms with Gasteiger partial charge in [0.05, 0.1) is 11.1 Å². The molecule has 0 aromatic heterocycles. The molecule has 0 spiro atoms. The van der Waals surface area contributed by atoms with E-state index in [4.69, 9.17) is 9.47 Å². The first kappa shape index (κ1) is 16.5. The fraction of sp³-hybridized carbons (Fsp3) is 0.600. The normalized spacial score (nSPS) is 11.0. The Bertz CT molecular complexity index is 369. The molecule has 0 fully saturated rings. The number of rotatable bonds is 9. The second kappa shape index (κ2) is 9.34.